The number of piperazine rings is 1. The highest BCUT2D eigenvalue weighted by molar-refractivity contribution is 5.28. The van der Waals surface area contributed by atoms with Gasteiger partial charge >= 0.3 is 0 Å². The van der Waals surface area contributed by atoms with Crippen LogP contribution in [0.15, 0.2) is 54.6 Å². The molecule has 1 aliphatic heterocycles. The van der Waals surface area contributed by atoms with E-state index in [0.717, 1.165) is 30.2 Å². The van der Waals surface area contributed by atoms with Crippen LogP contribution in [0.25, 0.3) is 0 Å². The Bertz CT molecular complexity index is 887. The van der Waals surface area contributed by atoms with Crippen LogP contribution in [0.1, 0.15) is 29.9 Å². The SMILES string of the molecule is CC[NH+]1CC[NH+]([C@H](c2ccccc2)c2nnnn2Cc2ccc(OC)cc2)CC1. The first-order valence-corrected chi connectivity index (χ1v) is 10.4. The monoisotopic (exact) mass is 394 g/mol. The molecule has 1 fully saturated rings. The predicted octanol–water partition coefficient (Wildman–Crippen LogP) is -0.377. The fourth-order valence-corrected chi connectivity index (χ4v) is 4.21. The Morgan fingerprint density at radius 1 is 1.00 bits per heavy atom. The van der Waals surface area contributed by atoms with Crippen LogP contribution in [0.2, 0.25) is 0 Å². The number of hydrogen-bond acceptors (Lipinski definition) is 4. The molecule has 1 atom stereocenters. The lowest BCUT2D eigenvalue weighted by molar-refractivity contribution is -1.02. The Kier molecular flexibility index (Phi) is 6.17. The molecule has 0 unspecified atom stereocenters. The Balaban J connectivity index is 1.62. The van der Waals surface area contributed by atoms with Crippen LogP contribution in [-0.2, 0) is 6.54 Å². The number of benzene rings is 2. The number of rotatable bonds is 7. The van der Waals surface area contributed by atoms with Gasteiger partial charge in [0.05, 0.1) is 20.2 Å². The number of tetrazole rings is 1. The molecule has 0 bridgehead atoms. The molecule has 1 aliphatic rings. The summed E-state index contributed by atoms with van der Waals surface area (Å²) in [7, 11) is 1.68. The summed E-state index contributed by atoms with van der Waals surface area (Å²) in [5.74, 6) is 1.79. The van der Waals surface area contributed by atoms with Gasteiger partial charge < -0.3 is 14.5 Å². The number of likely N-dealkylation sites (N-methyl/N-ethyl adjacent to an activating group) is 1. The number of ether oxygens (including phenoxy) is 1. The molecule has 4 rings (SSSR count). The lowest BCUT2D eigenvalue weighted by atomic mass is 10.0. The third kappa shape index (κ3) is 4.46. The van der Waals surface area contributed by atoms with Crippen molar-refractivity contribution in [3.8, 4) is 5.75 Å². The van der Waals surface area contributed by atoms with Crippen LogP contribution in [0.5, 0.6) is 5.75 Å². The minimum Gasteiger partial charge on any atom is -0.497 e. The van der Waals surface area contributed by atoms with Crippen LogP contribution < -0.4 is 14.5 Å². The van der Waals surface area contributed by atoms with Crippen molar-refractivity contribution in [2.24, 2.45) is 0 Å². The van der Waals surface area contributed by atoms with E-state index in [4.69, 9.17) is 4.74 Å². The van der Waals surface area contributed by atoms with E-state index < -0.39 is 0 Å². The molecule has 0 amide bonds. The normalized spacial score (nSPS) is 20.3. The number of hydrogen-bond donors (Lipinski definition) is 2. The third-order valence-electron chi connectivity index (χ3n) is 5.95. The van der Waals surface area contributed by atoms with Gasteiger partial charge in [0.2, 0.25) is 5.82 Å². The quantitative estimate of drug-likeness (QED) is 0.574. The maximum atomic E-state index is 5.27. The number of aromatic nitrogens is 4. The molecule has 1 saturated heterocycles. The highest BCUT2D eigenvalue weighted by Crippen LogP contribution is 2.18. The van der Waals surface area contributed by atoms with Gasteiger partial charge in [-0.1, -0.05) is 42.5 Å². The molecule has 7 heteroatoms. The summed E-state index contributed by atoms with van der Waals surface area (Å²) in [6.45, 7) is 8.73. The highest BCUT2D eigenvalue weighted by atomic mass is 16.5. The number of nitrogens with one attached hydrogen (secondary N) is 2. The van der Waals surface area contributed by atoms with E-state index in [1.54, 1.807) is 16.9 Å². The Labute approximate surface area is 171 Å². The zero-order valence-corrected chi connectivity index (χ0v) is 17.2. The largest absolute Gasteiger partial charge is 0.497 e. The zero-order valence-electron chi connectivity index (χ0n) is 17.2. The van der Waals surface area contributed by atoms with Crippen LogP contribution in [0.4, 0.5) is 0 Å². The van der Waals surface area contributed by atoms with E-state index in [1.807, 2.05) is 16.8 Å². The van der Waals surface area contributed by atoms with Crippen LogP contribution >= 0.6 is 0 Å². The van der Waals surface area contributed by atoms with E-state index in [1.165, 1.54) is 25.2 Å². The number of methoxy groups -OCH3 is 1. The molecule has 0 aliphatic carbocycles. The summed E-state index contributed by atoms with van der Waals surface area (Å²) in [5, 5.41) is 12.9. The van der Waals surface area contributed by atoms with Gasteiger partial charge in [-0.2, -0.15) is 0 Å². The average Bonchev–Trinajstić information content (AvgIpc) is 3.23. The molecule has 29 heavy (non-hydrogen) atoms. The van der Waals surface area contributed by atoms with E-state index in [2.05, 4.69) is 64.9 Å². The Morgan fingerprint density at radius 3 is 2.38 bits per heavy atom. The molecule has 3 aromatic rings. The van der Waals surface area contributed by atoms with Gasteiger partial charge in [0.1, 0.15) is 31.9 Å². The summed E-state index contributed by atoms with van der Waals surface area (Å²) in [5.41, 5.74) is 2.43. The molecule has 2 aromatic carbocycles. The minimum absolute atomic E-state index is 0.142. The van der Waals surface area contributed by atoms with Crippen molar-refractivity contribution in [3.63, 3.8) is 0 Å². The van der Waals surface area contributed by atoms with Gasteiger partial charge in [0.15, 0.2) is 6.04 Å². The van der Waals surface area contributed by atoms with Gasteiger partial charge in [0, 0.05) is 5.56 Å². The van der Waals surface area contributed by atoms with Crippen molar-refractivity contribution in [1.82, 2.24) is 20.2 Å². The molecule has 1 aromatic heterocycles. The summed E-state index contributed by atoms with van der Waals surface area (Å²) < 4.78 is 7.22. The van der Waals surface area contributed by atoms with Crippen molar-refractivity contribution in [2.75, 3.05) is 39.8 Å². The van der Waals surface area contributed by atoms with Gasteiger partial charge in [0.25, 0.3) is 0 Å². The smallest absolute Gasteiger partial charge is 0.214 e. The molecule has 152 valence electrons. The van der Waals surface area contributed by atoms with Crippen LogP contribution in [0.3, 0.4) is 0 Å². The van der Waals surface area contributed by atoms with E-state index >= 15 is 0 Å². The topological polar surface area (TPSA) is 61.7 Å². The zero-order chi connectivity index (χ0) is 20.1. The maximum Gasteiger partial charge on any atom is 0.214 e. The molecule has 7 nitrogen and oxygen atoms in total. The predicted molar refractivity (Wildman–Crippen MR) is 110 cm³/mol. The van der Waals surface area contributed by atoms with Crippen LogP contribution in [0, 0.1) is 0 Å². The number of nitrogens with zero attached hydrogens (tertiary/aromatic N) is 4. The standard InChI is InChI=1S/C22H28N6O/c1-3-26-13-15-27(16-14-26)21(19-7-5-4-6-8-19)22-23-24-25-28(22)17-18-9-11-20(29-2)12-10-18/h4-12,21H,3,13-17H2,1-2H3/p+2/t21-/m1/s1. The van der Waals surface area contributed by atoms with Gasteiger partial charge in [-0.15, -0.1) is 5.10 Å². The molecule has 0 radical (unpaired) electrons. The molecule has 2 N–H and O–H groups in total. The summed E-state index contributed by atoms with van der Waals surface area (Å²) in [6.07, 6.45) is 0. The van der Waals surface area contributed by atoms with Gasteiger partial charge in [-0.05, 0) is 35.0 Å². The van der Waals surface area contributed by atoms with Gasteiger partial charge in [-0.3, -0.25) is 0 Å². The molecular formula is C22H30N6O+2. The minimum atomic E-state index is 0.142. The first kappa shape index (κ1) is 19.5. The number of quaternary nitrogens is 2. The van der Waals surface area contributed by atoms with E-state index in [9.17, 15) is 0 Å². The fraction of sp³-hybridized carbons (Fsp3) is 0.409. The third-order valence-corrected chi connectivity index (χ3v) is 5.95. The second kappa shape index (κ2) is 9.15. The Morgan fingerprint density at radius 2 is 1.72 bits per heavy atom. The van der Waals surface area contributed by atoms with Crippen molar-refractivity contribution >= 4 is 0 Å². The van der Waals surface area contributed by atoms with E-state index in [-0.39, 0.29) is 6.04 Å². The second-order valence-corrected chi connectivity index (χ2v) is 7.65. The summed E-state index contributed by atoms with van der Waals surface area (Å²) in [6, 6.07) is 18.9. The maximum absolute atomic E-state index is 5.27. The lowest BCUT2D eigenvalue weighted by Gasteiger charge is -2.33. The molecular weight excluding hydrogens is 364 g/mol. The van der Waals surface area contributed by atoms with Crippen LogP contribution in [-0.4, -0.2) is 60.0 Å². The molecule has 2 heterocycles. The fourth-order valence-electron chi connectivity index (χ4n) is 4.21. The van der Waals surface area contributed by atoms with Crippen molar-refractivity contribution < 1.29 is 14.5 Å². The summed E-state index contributed by atoms with van der Waals surface area (Å²) in [4.78, 5) is 3.22. The average molecular weight is 395 g/mol. The Hall–Kier alpha value is -2.77. The first-order chi connectivity index (χ1) is 14.3. The first-order valence-electron chi connectivity index (χ1n) is 10.4. The van der Waals surface area contributed by atoms with Crippen molar-refractivity contribution in [2.45, 2.75) is 19.5 Å². The molecule has 0 spiro atoms. The van der Waals surface area contributed by atoms with Gasteiger partial charge in [-0.25, -0.2) is 4.68 Å². The van der Waals surface area contributed by atoms with Crippen molar-refractivity contribution in [1.29, 1.82) is 0 Å². The molecule has 0 saturated carbocycles. The second-order valence-electron chi connectivity index (χ2n) is 7.65. The highest BCUT2D eigenvalue weighted by Gasteiger charge is 2.35. The lowest BCUT2D eigenvalue weighted by Crippen LogP contribution is -3.28. The van der Waals surface area contributed by atoms with E-state index in [0.29, 0.717) is 6.54 Å². The summed E-state index contributed by atoms with van der Waals surface area (Å²) >= 11 is 0. The van der Waals surface area contributed by atoms with Crippen molar-refractivity contribution in [3.05, 3.63) is 71.5 Å².